The molecular weight excluding hydrogens is 871 g/mol. The molecule has 0 unspecified atom stereocenters. The zero-order valence-corrected chi connectivity index (χ0v) is 39.4. The predicted octanol–water partition coefficient (Wildman–Crippen LogP) is -2.23. The molecule has 67 heavy (non-hydrogen) atoms. The molecule has 0 fully saturated rings. The van der Waals surface area contributed by atoms with Crippen LogP contribution in [0.5, 0.6) is 5.75 Å². The number of primary amides is 3. The van der Waals surface area contributed by atoms with Crippen molar-refractivity contribution >= 4 is 59.1 Å². The van der Waals surface area contributed by atoms with Gasteiger partial charge in [-0.3, -0.25) is 48.1 Å². The lowest BCUT2D eigenvalue weighted by atomic mass is 9.99. The number of amides is 9. The van der Waals surface area contributed by atoms with E-state index in [0.717, 1.165) is 0 Å². The van der Waals surface area contributed by atoms with E-state index in [1.54, 1.807) is 0 Å². The number of nitrogens with zero attached hydrogens (tertiary/aromatic N) is 1. The summed E-state index contributed by atoms with van der Waals surface area (Å²) in [5.74, 6) is -7.84. The first-order valence-electron chi connectivity index (χ1n) is 22.6. The van der Waals surface area contributed by atoms with Gasteiger partial charge in [-0.05, 0) is 93.9 Å². The fourth-order valence-electron chi connectivity index (χ4n) is 6.75. The number of rotatable bonds is 33. The lowest BCUT2D eigenvalue weighted by molar-refractivity contribution is -0.136. The first kappa shape index (κ1) is 58.5. The SMILES string of the molecule is CC(C)C[C@H](NC(=O)[C@H](CC(C)C)NC(=O)[C@H](CCCCN)NC(=O)[C@H](CCCN=C(N)N)NC(=O)[C@H](Cc1ccc(O)cc1)NC(=O)[C@H](CCC(N)=O)NC(=O)[C@@H](C)CCC(N)=O)C(N)=O. The topological polar surface area (TPSA) is 415 Å². The number of aromatic hydroxyl groups is 1. The Hall–Kier alpha value is -6.52. The van der Waals surface area contributed by atoms with E-state index < -0.39 is 95.3 Å². The number of benzene rings is 1. The van der Waals surface area contributed by atoms with E-state index in [1.165, 1.54) is 31.2 Å². The Morgan fingerprint density at radius 1 is 0.522 bits per heavy atom. The fourth-order valence-corrected chi connectivity index (χ4v) is 6.75. The molecule has 0 spiro atoms. The van der Waals surface area contributed by atoms with Gasteiger partial charge in [-0.1, -0.05) is 46.8 Å². The maximum atomic E-state index is 14.3. The van der Waals surface area contributed by atoms with Gasteiger partial charge >= 0.3 is 0 Å². The molecule has 1 aromatic carbocycles. The van der Waals surface area contributed by atoms with Crippen molar-refractivity contribution in [2.24, 2.45) is 57.1 Å². The van der Waals surface area contributed by atoms with E-state index in [2.05, 4.69) is 36.9 Å². The van der Waals surface area contributed by atoms with Crippen molar-refractivity contribution in [3.8, 4) is 5.75 Å². The Labute approximate surface area is 392 Å². The van der Waals surface area contributed by atoms with E-state index in [4.69, 9.17) is 34.4 Å². The number of aliphatic imine (C=N–C) groups is 1. The molecule has 1 rings (SSSR count). The Kier molecular flexibility index (Phi) is 26.8. The molecule has 19 N–H and O–H groups in total. The van der Waals surface area contributed by atoms with Gasteiger partial charge in [-0.15, -0.1) is 0 Å². The Balaban J connectivity index is 3.62. The Bertz CT molecular complexity index is 1840. The summed E-state index contributed by atoms with van der Waals surface area (Å²) >= 11 is 0. The average Bonchev–Trinajstić information content (AvgIpc) is 3.23. The van der Waals surface area contributed by atoms with E-state index in [9.17, 15) is 48.3 Å². The van der Waals surface area contributed by atoms with Crippen LogP contribution >= 0.6 is 0 Å². The summed E-state index contributed by atoms with van der Waals surface area (Å²) in [5, 5.41) is 25.8. The van der Waals surface area contributed by atoms with Gasteiger partial charge in [0.2, 0.25) is 53.2 Å². The largest absolute Gasteiger partial charge is 0.508 e. The summed E-state index contributed by atoms with van der Waals surface area (Å²) in [4.78, 5) is 123. The van der Waals surface area contributed by atoms with Crippen molar-refractivity contribution < 1.29 is 48.3 Å². The van der Waals surface area contributed by atoms with Gasteiger partial charge in [0.25, 0.3) is 0 Å². The van der Waals surface area contributed by atoms with Gasteiger partial charge in [-0.2, -0.15) is 0 Å². The second kappa shape index (κ2) is 30.6. The van der Waals surface area contributed by atoms with Crippen molar-refractivity contribution in [2.75, 3.05) is 13.1 Å². The molecule has 376 valence electrons. The molecule has 0 bridgehead atoms. The average molecular weight is 946 g/mol. The van der Waals surface area contributed by atoms with E-state index in [1.807, 2.05) is 27.7 Å². The Morgan fingerprint density at radius 3 is 1.43 bits per heavy atom. The van der Waals surface area contributed by atoms with Gasteiger partial charge in [0.15, 0.2) is 5.96 Å². The van der Waals surface area contributed by atoms with Crippen LogP contribution in [0.25, 0.3) is 0 Å². The summed E-state index contributed by atoms with van der Waals surface area (Å²) in [6.45, 7) is 9.24. The van der Waals surface area contributed by atoms with Gasteiger partial charge in [0.1, 0.15) is 42.0 Å². The van der Waals surface area contributed by atoms with Crippen LogP contribution in [-0.4, -0.2) is 114 Å². The summed E-state index contributed by atoms with van der Waals surface area (Å²) in [6.07, 6.45) is 0.661. The third-order valence-electron chi connectivity index (χ3n) is 10.5. The first-order valence-corrected chi connectivity index (χ1v) is 22.6. The summed E-state index contributed by atoms with van der Waals surface area (Å²) in [5.41, 5.74) is 33.4. The van der Waals surface area contributed by atoms with E-state index in [0.29, 0.717) is 18.4 Å². The molecule has 7 atom stereocenters. The first-order chi connectivity index (χ1) is 31.4. The number of phenols is 1. The molecule has 0 aliphatic rings. The summed E-state index contributed by atoms with van der Waals surface area (Å²) in [6, 6.07) is -1.81. The minimum Gasteiger partial charge on any atom is -0.508 e. The molecule has 23 nitrogen and oxygen atoms in total. The van der Waals surface area contributed by atoms with Crippen LogP contribution < -0.4 is 66.3 Å². The van der Waals surface area contributed by atoms with Gasteiger partial charge < -0.3 is 71.4 Å². The van der Waals surface area contributed by atoms with Crippen LogP contribution in [-0.2, 0) is 49.6 Å². The van der Waals surface area contributed by atoms with Gasteiger partial charge in [0, 0.05) is 31.7 Å². The fraction of sp³-hybridized carbons (Fsp3) is 0.636. The normalized spacial score (nSPS) is 14.2. The number of phenolic OH excluding ortho intramolecular Hbond substituents is 1. The number of carbonyl (C=O) groups excluding carboxylic acids is 9. The minimum atomic E-state index is -1.44. The molecule has 0 aliphatic carbocycles. The van der Waals surface area contributed by atoms with Crippen LogP contribution in [0.3, 0.4) is 0 Å². The molecular formula is C44H75N13O10. The quantitative estimate of drug-likeness (QED) is 0.0202. The molecule has 0 heterocycles. The predicted molar refractivity (Wildman–Crippen MR) is 250 cm³/mol. The highest BCUT2D eigenvalue weighted by Crippen LogP contribution is 2.15. The second-order valence-corrected chi connectivity index (χ2v) is 17.5. The van der Waals surface area contributed by atoms with Crippen molar-refractivity contribution in [1.29, 1.82) is 0 Å². The maximum absolute atomic E-state index is 14.3. The molecule has 0 aliphatic heterocycles. The van der Waals surface area contributed by atoms with Gasteiger partial charge in [-0.25, -0.2) is 0 Å². The third-order valence-corrected chi connectivity index (χ3v) is 10.5. The molecule has 0 saturated carbocycles. The van der Waals surface area contributed by atoms with Crippen molar-refractivity contribution in [3.05, 3.63) is 29.8 Å². The van der Waals surface area contributed by atoms with Gasteiger partial charge in [0.05, 0.1) is 0 Å². The van der Waals surface area contributed by atoms with Crippen molar-refractivity contribution in [2.45, 2.75) is 148 Å². The molecule has 0 radical (unpaired) electrons. The highest BCUT2D eigenvalue weighted by Gasteiger charge is 2.34. The number of guanidine groups is 1. The number of nitrogens with two attached hydrogens (primary N) is 6. The van der Waals surface area contributed by atoms with Crippen molar-refractivity contribution in [1.82, 2.24) is 31.9 Å². The van der Waals surface area contributed by atoms with Crippen LogP contribution in [0, 0.1) is 17.8 Å². The number of nitrogens with one attached hydrogen (secondary N) is 6. The summed E-state index contributed by atoms with van der Waals surface area (Å²) < 4.78 is 0. The molecule has 0 saturated heterocycles. The number of carbonyl (C=O) groups is 9. The van der Waals surface area contributed by atoms with Crippen LogP contribution in [0.2, 0.25) is 0 Å². The lowest BCUT2D eigenvalue weighted by Crippen LogP contribution is -2.60. The molecule has 23 heteroatoms. The van der Waals surface area contributed by atoms with E-state index in [-0.39, 0.29) is 101 Å². The highest BCUT2D eigenvalue weighted by molar-refractivity contribution is 5.97. The molecule has 9 amide bonds. The minimum absolute atomic E-state index is 0.0127. The monoisotopic (exact) mass is 946 g/mol. The van der Waals surface area contributed by atoms with Crippen molar-refractivity contribution in [3.63, 3.8) is 0 Å². The standard InChI is InChI=1S/C44H75N13O10/c1-24(2)21-32(37(48)61)55-42(66)33(22-25(3)4)56-40(64)29(9-6-7-19-45)53-39(63)30(10-8-20-51-44(49)50)54-43(67)34(23-27-12-14-28(58)15-13-27)57-41(65)31(16-18-36(47)60)52-38(62)26(5)11-17-35(46)59/h12-15,24-26,29-34,58H,6-11,16-23,45H2,1-5H3,(H2,46,59)(H2,47,60)(H2,48,61)(H,52,62)(H,53,63)(H,54,67)(H,55,66)(H,56,64)(H,57,65)(H4,49,50,51)/t26-,29-,30-,31-,32-,33-,34-/m0/s1. The zero-order chi connectivity index (χ0) is 50.8. The smallest absolute Gasteiger partial charge is 0.243 e. The summed E-state index contributed by atoms with van der Waals surface area (Å²) in [7, 11) is 0. The molecule has 0 aromatic heterocycles. The van der Waals surface area contributed by atoms with Crippen LogP contribution in [0.1, 0.15) is 111 Å². The molecule has 1 aromatic rings. The highest BCUT2D eigenvalue weighted by atomic mass is 16.3. The van der Waals surface area contributed by atoms with Crippen LogP contribution in [0.15, 0.2) is 29.3 Å². The number of hydrogen-bond donors (Lipinski definition) is 13. The maximum Gasteiger partial charge on any atom is 0.243 e. The number of hydrogen-bond acceptors (Lipinski definition) is 12. The van der Waals surface area contributed by atoms with E-state index >= 15 is 0 Å². The second-order valence-electron chi connectivity index (χ2n) is 17.5. The lowest BCUT2D eigenvalue weighted by Gasteiger charge is -2.28. The third kappa shape index (κ3) is 24.5. The Morgan fingerprint density at radius 2 is 0.940 bits per heavy atom. The van der Waals surface area contributed by atoms with Crippen LogP contribution in [0.4, 0.5) is 0 Å². The zero-order valence-electron chi connectivity index (χ0n) is 39.4. The number of unbranched alkanes of at least 4 members (excludes halogenated alkanes) is 1.